The molecule has 0 unspecified atom stereocenters. The lowest BCUT2D eigenvalue weighted by Crippen LogP contribution is -2.26. The molecule has 15 heavy (non-hydrogen) atoms. The molecule has 0 saturated heterocycles. The van der Waals surface area contributed by atoms with Gasteiger partial charge in [-0.2, -0.15) is 0 Å². The lowest BCUT2D eigenvalue weighted by Gasteiger charge is -2.11. The first kappa shape index (κ1) is 9.09. The molecule has 2 aliphatic rings. The van der Waals surface area contributed by atoms with E-state index in [9.17, 15) is 4.79 Å². The van der Waals surface area contributed by atoms with Crippen LogP contribution in [0.3, 0.4) is 0 Å². The molecule has 0 radical (unpaired) electrons. The average Bonchev–Trinajstić information content (AvgIpc) is 3.11. The van der Waals surface area contributed by atoms with E-state index in [1.54, 1.807) is 6.07 Å². The van der Waals surface area contributed by atoms with E-state index < -0.39 is 0 Å². The van der Waals surface area contributed by atoms with Crippen LogP contribution in [0.5, 0.6) is 0 Å². The summed E-state index contributed by atoms with van der Waals surface area (Å²) >= 11 is 0. The predicted octanol–water partition coefficient (Wildman–Crippen LogP) is 0.638. The van der Waals surface area contributed by atoms with E-state index in [0.29, 0.717) is 12.5 Å². The van der Waals surface area contributed by atoms with Crippen LogP contribution in [0.25, 0.3) is 0 Å². The van der Waals surface area contributed by atoms with Crippen LogP contribution in [0.4, 0.5) is 0 Å². The van der Waals surface area contributed by atoms with E-state index >= 15 is 0 Å². The Morgan fingerprint density at radius 3 is 2.80 bits per heavy atom. The van der Waals surface area contributed by atoms with Crippen LogP contribution >= 0.6 is 0 Å². The lowest BCUT2D eigenvalue weighted by molar-refractivity contribution is 0.637. The van der Waals surface area contributed by atoms with Crippen LogP contribution in [0, 0.1) is 0 Å². The van der Waals surface area contributed by atoms with Gasteiger partial charge in [0.05, 0.1) is 5.69 Å². The Labute approximate surface area is 87.9 Å². The fourth-order valence-electron chi connectivity index (χ4n) is 2.00. The number of rotatable bonds is 3. The molecular weight excluding hydrogens is 190 g/mol. The van der Waals surface area contributed by atoms with Crippen molar-refractivity contribution in [2.45, 2.75) is 37.0 Å². The van der Waals surface area contributed by atoms with Gasteiger partial charge in [0, 0.05) is 23.9 Å². The van der Waals surface area contributed by atoms with Gasteiger partial charge in [0.1, 0.15) is 5.82 Å². The molecule has 1 heterocycles. The largest absolute Gasteiger partial charge is 0.329 e. The number of aromatic nitrogens is 2. The van der Waals surface area contributed by atoms with Gasteiger partial charge in [0.15, 0.2) is 0 Å². The highest BCUT2D eigenvalue weighted by Crippen LogP contribution is 2.46. The zero-order chi connectivity index (χ0) is 10.5. The molecule has 0 spiro atoms. The van der Waals surface area contributed by atoms with Crippen molar-refractivity contribution in [2.24, 2.45) is 5.73 Å². The van der Waals surface area contributed by atoms with Crippen LogP contribution in [0.1, 0.15) is 43.1 Å². The first-order chi connectivity index (χ1) is 7.23. The molecule has 2 saturated carbocycles. The van der Waals surface area contributed by atoms with Crippen molar-refractivity contribution in [1.82, 2.24) is 9.97 Å². The zero-order valence-corrected chi connectivity index (χ0v) is 8.62. The molecule has 3 N–H and O–H groups in total. The third-order valence-corrected chi connectivity index (χ3v) is 3.50. The van der Waals surface area contributed by atoms with Gasteiger partial charge in [-0.25, -0.2) is 4.98 Å². The molecular formula is C11H15N3O. The summed E-state index contributed by atoms with van der Waals surface area (Å²) in [7, 11) is 0. The van der Waals surface area contributed by atoms with Gasteiger partial charge >= 0.3 is 0 Å². The average molecular weight is 205 g/mol. The molecule has 0 aromatic carbocycles. The second kappa shape index (κ2) is 2.92. The summed E-state index contributed by atoms with van der Waals surface area (Å²) in [5.74, 6) is 1.35. The SMILES string of the molecule is NCC1(c2nc(C3CC3)cc(=O)[nH]2)CC1. The normalized spacial score (nSPS) is 22.7. The van der Waals surface area contributed by atoms with Crippen molar-refractivity contribution in [3.05, 3.63) is 27.9 Å². The zero-order valence-electron chi connectivity index (χ0n) is 8.62. The Kier molecular flexibility index (Phi) is 1.77. The number of nitrogens with one attached hydrogen (secondary N) is 1. The minimum atomic E-state index is -0.0263. The number of hydrogen-bond acceptors (Lipinski definition) is 3. The second-order valence-corrected chi connectivity index (χ2v) is 4.78. The standard InChI is InChI=1S/C11H15N3O/c12-6-11(3-4-11)10-13-8(7-1-2-7)5-9(15)14-10/h5,7H,1-4,6,12H2,(H,13,14,15). The van der Waals surface area contributed by atoms with Gasteiger partial charge in [0.25, 0.3) is 5.56 Å². The van der Waals surface area contributed by atoms with Gasteiger partial charge in [0.2, 0.25) is 0 Å². The van der Waals surface area contributed by atoms with E-state index in [-0.39, 0.29) is 11.0 Å². The molecule has 4 heteroatoms. The Morgan fingerprint density at radius 1 is 1.53 bits per heavy atom. The summed E-state index contributed by atoms with van der Waals surface area (Å²) in [5, 5.41) is 0. The van der Waals surface area contributed by atoms with Crippen molar-refractivity contribution in [2.75, 3.05) is 6.54 Å². The summed E-state index contributed by atoms with van der Waals surface area (Å²) in [6.45, 7) is 0.587. The Balaban J connectivity index is 2.04. The van der Waals surface area contributed by atoms with E-state index in [4.69, 9.17) is 5.73 Å². The number of nitrogens with zero attached hydrogens (tertiary/aromatic N) is 1. The minimum absolute atomic E-state index is 0.00986. The Morgan fingerprint density at radius 2 is 2.27 bits per heavy atom. The van der Waals surface area contributed by atoms with Crippen LogP contribution < -0.4 is 11.3 Å². The highest BCUT2D eigenvalue weighted by atomic mass is 16.1. The first-order valence-corrected chi connectivity index (χ1v) is 5.55. The number of nitrogens with two attached hydrogens (primary N) is 1. The van der Waals surface area contributed by atoms with Gasteiger partial charge in [-0.1, -0.05) is 0 Å². The van der Waals surface area contributed by atoms with Crippen LogP contribution in [0.15, 0.2) is 10.9 Å². The molecule has 2 fully saturated rings. The summed E-state index contributed by atoms with van der Waals surface area (Å²) < 4.78 is 0. The highest BCUT2D eigenvalue weighted by molar-refractivity contribution is 5.23. The molecule has 2 aliphatic carbocycles. The van der Waals surface area contributed by atoms with Crippen LogP contribution in [-0.4, -0.2) is 16.5 Å². The Bertz CT molecular complexity index is 443. The summed E-state index contributed by atoms with van der Waals surface area (Å²) in [5.41, 5.74) is 6.66. The maximum absolute atomic E-state index is 11.5. The van der Waals surface area contributed by atoms with E-state index in [2.05, 4.69) is 9.97 Å². The van der Waals surface area contributed by atoms with Gasteiger partial charge < -0.3 is 10.7 Å². The van der Waals surface area contributed by atoms with Crippen molar-refractivity contribution in [3.8, 4) is 0 Å². The first-order valence-electron chi connectivity index (χ1n) is 5.55. The van der Waals surface area contributed by atoms with Gasteiger partial charge in [-0.3, -0.25) is 4.79 Å². The maximum atomic E-state index is 11.5. The lowest BCUT2D eigenvalue weighted by atomic mass is 10.1. The second-order valence-electron chi connectivity index (χ2n) is 4.78. The third-order valence-electron chi connectivity index (χ3n) is 3.50. The summed E-state index contributed by atoms with van der Waals surface area (Å²) in [4.78, 5) is 18.9. The highest BCUT2D eigenvalue weighted by Gasteiger charge is 2.45. The number of hydrogen-bond donors (Lipinski definition) is 2. The molecule has 0 aliphatic heterocycles. The molecule has 0 atom stereocenters. The van der Waals surface area contributed by atoms with Crippen molar-refractivity contribution in [1.29, 1.82) is 0 Å². The molecule has 1 aromatic heterocycles. The number of H-pyrrole nitrogens is 1. The third kappa shape index (κ3) is 1.49. The molecule has 80 valence electrons. The minimum Gasteiger partial charge on any atom is -0.329 e. The Hall–Kier alpha value is -1.16. The van der Waals surface area contributed by atoms with Gasteiger partial charge in [-0.15, -0.1) is 0 Å². The fraction of sp³-hybridized carbons (Fsp3) is 0.636. The van der Waals surface area contributed by atoms with Crippen LogP contribution in [0.2, 0.25) is 0 Å². The summed E-state index contributed by atoms with van der Waals surface area (Å²) in [6, 6.07) is 1.63. The van der Waals surface area contributed by atoms with Crippen LogP contribution in [-0.2, 0) is 5.41 Å². The molecule has 3 rings (SSSR count). The predicted molar refractivity (Wildman–Crippen MR) is 56.8 cm³/mol. The monoisotopic (exact) mass is 205 g/mol. The molecule has 0 bridgehead atoms. The smallest absolute Gasteiger partial charge is 0.251 e. The quantitative estimate of drug-likeness (QED) is 0.760. The molecule has 0 amide bonds. The fourth-order valence-corrected chi connectivity index (χ4v) is 2.00. The maximum Gasteiger partial charge on any atom is 0.251 e. The van der Waals surface area contributed by atoms with Crippen molar-refractivity contribution in [3.63, 3.8) is 0 Å². The molecule has 4 nitrogen and oxygen atoms in total. The van der Waals surface area contributed by atoms with E-state index in [0.717, 1.165) is 24.4 Å². The van der Waals surface area contributed by atoms with Crippen molar-refractivity contribution < 1.29 is 0 Å². The number of aromatic amines is 1. The molecule has 1 aromatic rings. The van der Waals surface area contributed by atoms with E-state index in [1.807, 2.05) is 0 Å². The van der Waals surface area contributed by atoms with Crippen molar-refractivity contribution >= 4 is 0 Å². The van der Waals surface area contributed by atoms with E-state index in [1.165, 1.54) is 12.8 Å². The topological polar surface area (TPSA) is 71.8 Å². The van der Waals surface area contributed by atoms with Gasteiger partial charge in [-0.05, 0) is 25.7 Å². The summed E-state index contributed by atoms with van der Waals surface area (Å²) in [6.07, 6.45) is 4.46.